The van der Waals surface area contributed by atoms with E-state index in [4.69, 9.17) is 0 Å². The van der Waals surface area contributed by atoms with Crippen LogP contribution in [-0.2, 0) is 19.6 Å². The smallest absolute Gasteiger partial charge is 0.243 e. The number of nitrogens with one attached hydrogen (secondary N) is 1. The van der Waals surface area contributed by atoms with Gasteiger partial charge < -0.3 is 14.7 Å². The Labute approximate surface area is 173 Å². The van der Waals surface area contributed by atoms with Crippen LogP contribution < -0.4 is 4.90 Å². The summed E-state index contributed by atoms with van der Waals surface area (Å²) in [5.41, 5.74) is 1.01. The Morgan fingerprint density at radius 1 is 0.862 bits per heavy atom. The van der Waals surface area contributed by atoms with Crippen LogP contribution in [-0.4, -0.2) is 93.7 Å². The first-order valence-electron chi connectivity index (χ1n) is 10.2. The molecular weight excluding hydrogens is 392 g/mol. The third kappa shape index (κ3) is 5.34. The number of carbonyl (C=O) groups excluding carboxylic acids is 2. The largest absolute Gasteiger partial charge is 0.340 e. The molecule has 0 radical (unpaired) electrons. The van der Waals surface area contributed by atoms with E-state index in [9.17, 15) is 18.0 Å². The van der Waals surface area contributed by atoms with E-state index in [0.717, 1.165) is 31.7 Å². The van der Waals surface area contributed by atoms with E-state index in [0.29, 0.717) is 13.1 Å². The first-order chi connectivity index (χ1) is 13.8. The maximum absolute atomic E-state index is 12.8. The van der Waals surface area contributed by atoms with Crippen LogP contribution in [0.3, 0.4) is 0 Å². The maximum atomic E-state index is 12.8. The van der Waals surface area contributed by atoms with Gasteiger partial charge in [0.25, 0.3) is 0 Å². The van der Waals surface area contributed by atoms with Gasteiger partial charge >= 0.3 is 0 Å². The summed E-state index contributed by atoms with van der Waals surface area (Å²) < 4.78 is 26.9. The van der Waals surface area contributed by atoms with E-state index < -0.39 is 10.0 Å². The topological polar surface area (TPSA) is 82.4 Å². The van der Waals surface area contributed by atoms with Gasteiger partial charge in [-0.2, -0.15) is 4.31 Å². The normalized spacial score (nSPS) is 19.4. The lowest BCUT2D eigenvalue weighted by atomic mass is 10.2. The molecule has 0 aromatic heterocycles. The number of quaternary nitrogens is 1. The molecule has 2 fully saturated rings. The van der Waals surface area contributed by atoms with Gasteiger partial charge in [0.15, 0.2) is 0 Å². The molecule has 3 rings (SSSR count). The van der Waals surface area contributed by atoms with Gasteiger partial charge in [0.05, 0.1) is 38.1 Å². The van der Waals surface area contributed by atoms with Crippen molar-refractivity contribution in [2.75, 3.05) is 59.4 Å². The van der Waals surface area contributed by atoms with Gasteiger partial charge in [-0.25, -0.2) is 8.42 Å². The van der Waals surface area contributed by atoms with E-state index >= 15 is 0 Å². The SMILES string of the molecule is Cc1ccc(S(=O)(=O)N2CCN(C(=O)CCC(=O)N3CC[NH+](C)CC3)CC2)cc1. The van der Waals surface area contributed by atoms with Crippen molar-refractivity contribution in [3.05, 3.63) is 29.8 Å². The maximum Gasteiger partial charge on any atom is 0.243 e. The van der Waals surface area contributed by atoms with Gasteiger partial charge in [0, 0.05) is 39.0 Å². The second-order valence-electron chi connectivity index (χ2n) is 7.94. The van der Waals surface area contributed by atoms with Crippen molar-refractivity contribution < 1.29 is 22.9 Å². The van der Waals surface area contributed by atoms with Crippen LogP contribution in [0.5, 0.6) is 0 Å². The Hall–Kier alpha value is -1.97. The van der Waals surface area contributed by atoms with Crippen LogP contribution in [0, 0.1) is 6.92 Å². The van der Waals surface area contributed by atoms with Crippen molar-refractivity contribution in [3.63, 3.8) is 0 Å². The van der Waals surface area contributed by atoms with Crippen LogP contribution in [0.25, 0.3) is 0 Å². The summed E-state index contributed by atoms with van der Waals surface area (Å²) in [5.74, 6) is -0.0445. The number of rotatable bonds is 5. The Morgan fingerprint density at radius 2 is 1.34 bits per heavy atom. The average molecular weight is 424 g/mol. The molecular formula is C20H31N4O4S+. The number of likely N-dealkylation sites (N-methyl/N-ethyl adjacent to an activating group) is 1. The minimum atomic E-state index is -3.54. The van der Waals surface area contributed by atoms with Crippen LogP contribution in [0.4, 0.5) is 0 Å². The predicted molar refractivity (Wildman–Crippen MR) is 109 cm³/mol. The van der Waals surface area contributed by atoms with Crippen LogP contribution >= 0.6 is 0 Å². The molecule has 29 heavy (non-hydrogen) atoms. The molecule has 0 aliphatic carbocycles. The zero-order chi connectivity index (χ0) is 21.0. The van der Waals surface area contributed by atoms with Crippen LogP contribution in [0.1, 0.15) is 18.4 Å². The summed E-state index contributed by atoms with van der Waals surface area (Å²) in [5, 5.41) is 0. The number of hydrogen-bond acceptors (Lipinski definition) is 4. The predicted octanol–water partition coefficient (Wildman–Crippen LogP) is -1.03. The molecule has 1 aromatic carbocycles. The molecule has 2 heterocycles. The van der Waals surface area contributed by atoms with Gasteiger partial charge in [0.1, 0.15) is 0 Å². The third-order valence-corrected chi connectivity index (χ3v) is 7.69. The number of amides is 2. The fourth-order valence-electron chi connectivity index (χ4n) is 3.71. The summed E-state index contributed by atoms with van der Waals surface area (Å²) in [4.78, 5) is 30.0. The first kappa shape index (κ1) is 21.7. The summed E-state index contributed by atoms with van der Waals surface area (Å²) in [6.07, 6.45) is 0.405. The Bertz CT molecular complexity index is 825. The van der Waals surface area contributed by atoms with Crippen molar-refractivity contribution in [3.8, 4) is 0 Å². The van der Waals surface area contributed by atoms with Gasteiger partial charge in [-0.3, -0.25) is 9.59 Å². The Kier molecular flexibility index (Phi) is 6.92. The fourth-order valence-corrected chi connectivity index (χ4v) is 5.13. The minimum absolute atomic E-state index is 0.0337. The van der Waals surface area contributed by atoms with Gasteiger partial charge in [-0.15, -0.1) is 0 Å². The molecule has 160 valence electrons. The molecule has 2 saturated heterocycles. The van der Waals surface area contributed by atoms with E-state index in [1.165, 1.54) is 9.21 Å². The second kappa shape index (κ2) is 9.23. The van der Waals surface area contributed by atoms with Crippen molar-refractivity contribution >= 4 is 21.8 Å². The van der Waals surface area contributed by atoms with Gasteiger partial charge in [-0.05, 0) is 19.1 Å². The molecule has 1 aromatic rings. The highest BCUT2D eigenvalue weighted by molar-refractivity contribution is 7.89. The molecule has 0 saturated carbocycles. The van der Waals surface area contributed by atoms with E-state index in [1.807, 2.05) is 11.8 Å². The molecule has 2 amide bonds. The Balaban J connectivity index is 1.47. The summed E-state index contributed by atoms with van der Waals surface area (Å²) >= 11 is 0. The third-order valence-electron chi connectivity index (χ3n) is 5.77. The monoisotopic (exact) mass is 423 g/mol. The van der Waals surface area contributed by atoms with Crippen LogP contribution in [0.2, 0.25) is 0 Å². The molecule has 0 unspecified atom stereocenters. The zero-order valence-electron chi connectivity index (χ0n) is 17.3. The highest BCUT2D eigenvalue weighted by atomic mass is 32.2. The minimum Gasteiger partial charge on any atom is -0.340 e. The average Bonchev–Trinajstić information content (AvgIpc) is 2.72. The number of piperazine rings is 2. The van der Waals surface area contributed by atoms with E-state index in [2.05, 4.69) is 7.05 Å². The zero-order valence-corrected chi connectivity index (χ0v) is 18.1. The standard InChI is InChI=1S/C20H30N4O4S/c1-17-3-5-18(6-4-17)29(27,28)24-15-13-23(14-16-24)20(26)8-7-19(25)22-11-9-21(2)10-12-22/h3-6H,7-16H2,1-2H3/p+1. The fraction of sp³-hybridized carbons (Fsp3) is 0.600. The highest BCUT2D eigenvalue weighted by Gasteiger charge is 2.30. The molecule has 2 aliphatic rings. The molecule has 0 spiro atoms. The lowest BCUT2D eigenvalue weighted by Gasteiger charge is -2.34. The lowest BCUT2D eigenvalue weighted by molar-refractivity contribution is -0.883. The highest BCUT2D eigenvalue weighted by Crippen LogP contribution is 2.18. The summed E-state index contributed by atoms with van der Waals surface area (Å²) in [7, 11) is -1.43. The molecule has 2 aliphatic heterocycles. The van der Waals surface area contributed by atoms with Crippen LogP contribution in [0.15, 0.2) is 29.2 Å². The van der Waals surface area contributed by atoms with Crippen molar-refractivity contribution in [2.24, 2.45) is 0 Å². The number of carbonyl (C=O) groups is 2. The van der Waals surface area contributed by atoms with Gasteiger partial charge in [0.2, 0.25) is 21.8 Å². The number of hydrogen-bond donors (Lipinski definition) is 1. The van der Waals surface area contributed by atoms with Gasteiger partial charge in [-0.1, -0.05) is 17.7 Å². The number of benzene rings is 1. The molecule has 9 heteroatoms. The quantitative estimate of drug-likeness (QED) is 0.656. The Morgan fingerprint density at radius 3 is 1.86 bits per heavy atom. The number of nitrogens with zero attached hydrogens (tertiary/aromatic N) is 3. The number of aryl methyl sites for hydroxylation is 1. The van der Waals surface area contributed by atoms with Crippen molar-refractivity contribution in [1.29, 1.82) is 0 Å². The first-order valence-corrected chi connectivity index (χ1v) is 11.6. The second-order valence-corrected chi connectivity index (χ2v) is 9.87. The number of sulfonamides is 1. The van der Waals surface area contributed by atoms with E-state index in [1.54, 1.807) is 29.2 Å². The summed E-state index contributed by atoms with van der Waals surface area (Å²) in [6, 6.07) is 6.80. The van der Waals surface area contributed by atoms with E-state index in [-0.39, 0.29) is 42.6 Å². The van der Waals surface area contributed by atoms with Crippen molar-refractivity contribution in [1.82, 2.24) is 14.1 Å². The molecule has 8 nitrogen and oxygen atoms in total. The lowest BCUT2D eigenvalue weighted by Crippen LogP contribution is -3.12. The molecule has 0 atom stereocenters. The molecule has 0 bridgehead atoms. The molecule has 1 N–H and O–H groups in total. The summed E-state index contributed by atoms with van der Waals surface area (Å²) in [6.45, 7) is 6.55. The van der Waals surface area contributed by atoms with Crippen molar-refractivity contribution in [2.45, 2.75) is 24.7 Å².